The molecule has 0 radical (unpaired) electrons. The molecule has 3 heteroatoms. The number of fused-ring (bicyclic) bond motifs is 2. The Balaban J connectivity index is 1.49. The number of aromatic nitrogens is 3. The van der Waals surface area contributed by atoms with Gasteiger partial charge in [0.15, 0.2) is 11.6 Å². The molecule has 1 aromatic heterocycles. The molecule has 0 spiro atoms. The van der Waals surface area contributed by atoms with Crippen molar-refractivity contribution >= 4 is 21.5 Å². The van der Waals surface area contributed by atoms with E-state index < -0.39 is 0 Å². The van der Waals surface area contributed by atoms with E-state index in [0.29, 0.717) is 0 Å². The van der Waals surface area contributed by atoms with Crippen molar-refractivity contribution in [1.29, 1.82) is 0 Å². The molecular weight excluding hydrogens is 462 g/mol. The standard InChI is InChI=1S/C35H25N3/c1-24-18-20-26(21-19-24)34-36-37-35(38(34)27-12-3-2-4-13-27)33-23-22-32(30-15-7-8-16-31(30)33)29-17-9-11-25-10-5-6-14-28(25)29/h2-23H,1H3. The van der Waals surface area contributed by atoms with Gasteiger partial charge in [-0.25, -0.2) is 0 Å². The molecular formula is C35H25N3. The molecule has 3 nitrogen and oxygen atoms in total. The van der Waals surface area contributed by atoms with Crippen LogP contribution in [0, 0.1) is 6.92 Å². The zero-order valence-electron chi connectivity index (χ0n) is 21.0. The second kappa shape index (κ2) is 9.13. The summed E-state index contributed by atoms with van der Waals surface area (Å²) in [6.45, 7) is 2.10. The van der Waals surface area contributed by atoms with E-state index in [4.69, 9.17) is 10.2 Å². The van der Waals surface area contributed by atoms with E-state index in [1.54, 1.807) is 0 Å². The number of nitrogens with zero attached hydrogens (tertiary/aromatic N) is 3. The summed E-state index contributed by atoms with van der Waals surface area (Å²) >= 11 is 0. The van der Waals surface area contributed by atoms with Gasteiger partial charge in [0.05, 0.1) is 0 Å². The number of aryl methyl sites for hydroxylation is 1. The monoisotopic (exact) mass is 487 g/mol. The molecule has 0 saturated heterocycles. The van der Waals surface area contributed by atoms with Crippen LogP contribution in [0.2, 0.25) is 0 Å². The first-order valence-corrected chi connectivity index (χ1v) is 12.9. The molecule has 6 aromatic carbocycles. The van der Waals surface area contributed by atoms with Gasteiger partial charge in [-0.3, -0.25) is 4.57 Å². The van der Waals surface area contributed by atoms with Crippen LogP contribution in [-0.4, -0.2) is 14.8 Å². The average molecular weight is 488 g/mol. The third-order valence-electron chi connectivity index (χ3n) is 7.23. The molecule has 0 aliphatic carbocycles. The van der Waals surface area contributed by atoms with Crippen molar-refractivity contribution in [2.75, 3.05) is 0 Å². The molecule has 0 N–H and O–H groups in total. The number of rotatable bonds is 4. The second-order valence-electron chi connectivity index (χ2n) is 9.62. The minimum absolute atomic E-state index is 0.826. The fourth-order valence-electron chi connectivity index (χ4n) is 5.36. The van der Waals surface area contributed by atoms with E-state index in [1.165, 1.54) is 32.8 Å². The molecule has 0 unspecified atom stereocenters. The Morgan fingerprint density at radius 3 is 1.82 bits per heavy atom. The number of para-hydroxylation sites is 1. The molecule has 38 heavy (non-hydrogen) atoms. The molecule has 7 aromatic rings. The van der Waals surface area contributed by atoms with Crippen LogP contribution in [0.15, 0.2) is 133 Å². The first-order valence-electron chi connectivity index (χ1n) is 12.9. The first kappa shape index (κ1) is 22.2. The van der Waals surface area contributed by atoms with Crippen LogP contribution in [0.5, 0.6) is 0 Å². The number of benzene rings is 6. The van der Waals surface area contributed by atoms with Crippen molar-refractivity contribution in [2.45, 2.75) is 6.92 Å². The highest BCUT2D eigenvalue weighted by Crippen LogP contribution is 2.39. The van der Waals surface area contributed by atoms with Crippen molar-refractivity contribution in [1.82, 2.24) is 14.8 Å². The molecule has 0 aliphatic rings. The van der Waals surface area contributed by atoms with E-state index in [-0.39, 0.29) is 0 Å². The normalized spacial score (nSPS) is 11.3. The maximum Gasteiger partial charge on any atom is 0.169 e. The van der Waals surface area contributed by atoms with Gasteiger partial charge >= 0.3 is 0 Å². The quantitative estimate of drug-likeness (QED) is 0.248. The van der Waals surface area contributed by atoms with Gasteiger partial charge in [-0.05, 0) is 57.8 Å². The zero-order valence-corrected chi connectivity index (χ0v) is 21.0. The maximum absolute atomic E-state index is 4.78. The summed E-state index contributed by atoms with van der Waals surface area (Å²) in [6, 6.07) is 47.0. The molecule has 0 atom stereocenters. The highest BCUT2D eigenvalue weighted by atomic mass is 15.3. The van der Waals surface area contributed by atoms with Gasteiger partial charge < -0.3 is 0 Å². The average Bonchev–Trinajstić information content (AvgIpc) is 3.42. The molecule has 7 rings (SSSR count). The van der Waals surface area contributed by atoms with Crippen molar-refractivity contribution in [3.8, 4) is 39.6 Å². The minimum atomic E-state index is 0.826. The van der Waals surface area contributed by atoms with Crippen LogP contribution in [0.3, 0.4) is 0 Å². The van der Waals surface area contributed by atoms with Crippen LogP contribution in [0.4, 0.5) is 0 Å². The molecule has 1 heterocycles. The predicted molar refractivity (Wildman–Crippen MR) is 157 cm³/mol. The topological polar surface area (TPSA) is 30.7 Å². The van der Waals surface area contributed by atoms with Crippen molar-refractivity contribution in [3.05, 3.63) is 139 Å². The Morgan fingerprint density at radius 2 is 1.03 bits per heavy atom. The lowest BCUT2D eigenvalue weighted by atomic mass is 9.92. The lowest BCUT2D eigenvalue weighted by Crippen LogP contribution is -2.01. The summed E-state index contributed by atoms with van der Waals surface area (Å²) in [4.78, 5) is 0. The van der Waals surface area contributed by atoms with E-state index in [9.17, 15) is 0 Å². The maximum atomic E-state index is 4.78. The highest BCUT2D eigenvalue weighted by molar-refractivity contribution is 6.09. The largest absolute Gasteiger partial charge is 0.275 e. The lowest BCUT2D eigenvalue weighted by molar-refractivity contribution is 1.07. The van der Waals surface area contributed by atoms with E-state index in [2.05, 4.69) is 139 Å². The highest BCUT2D eigenvalue weighted by Gasteiger charge is 2.20. The van der Waals surface area contributed by atoms with Gasteiger partial charge in [0.25, 0.3) is 0 Å². The Morgan fingerprint density at radius 1 is 0.447 bits per heavy atom. The summed E-state index contributed by atoms with van der Waals surface area (Å²) in [6.07, 6.45) is 0. The molecule has 0 fully saturated rings. The van der Waals surface area contributed by atoms with Gasteiger partial charge in [-0.1, -0.05) is 121 Å². The fourth-order valence-corrected chi connectivity index (χ4v) is 5.36. The van der Waals surface area contributed by atoms with Crippen LogP contribution < -0.4 is 0 Å². The second-order valence-corrected chi connectivity index (χ2v) is 9.62. The molecule has 0 aliphatic heterocycles. The summed E-state index contributed by atoms with van der Waals surface area (Å²) in [5, 5.41) is 14.3. The third-order valence-corrected chi connectivity index (χ3v) is 7.23. The minimum Gasteiger partial charge on any atom is -0.275 e. The Kier molecular flexibility index (Phi) is 5.33. The van der Waals surface area contributed by atoms with E-state index in [0.717, 1.165) is 33.8 Å². The Labute approximate surface area is 221 Å². The van der Waals surface area contributed by atoms with Crippen molar-refractivity contribution in [2.24, 2.45) is 0 Å². The van der Waals surface area contributed by atoms with Gasteiger partial charge in [0.2, 0.25) is 0 Å². The molecule has 180 valence electrons. The lowest BCUT2D eigenvalue weighted by Gasteiger charge is -2.15. The third kappa shape index (κ3) is 3.68. The van der Waals surface area contributed by atoms with Crippen LogP contribution in [0.25, 0.3) is 61.1 Å². The zero-order chi connectivity index (χ0) is 25.5. The molecule has 0 saturated carbocycles. The number of hydrogen-bond acceptors (Lipinski definition) is 2. The summed E-state index contributed by atoms with van der Waals surface area (Å²) < 4.78 is 2.17. The van der Waals surface area contributed by atoms with Crippen LogP contribution in [0.1, 0.15) is 5.56 Å². The van der Waals surface area contributed by atoms with Crippen LogP contribution in [-0.2, 0) is 0 Å². The smallest absolute Gasteiger partial charge is 0.169 e. The Bertz CT molecular complexity index is 1910. The van der Waals surface area contributed by atoms with Gasteiger partial charge in [-0.15, -0.1) is 10.2 Å². The predicted octanol–water partition coefficient (Wildman–Crippen LogP) is 8.88. The Hall–Kier alpha value is -5.02. The summed E-state index contributed by atoms with van der Waals surface area (Å²) in [5.74, 6) is 1.65. The SMILES string of the molecule is Cc1ccc(-c2nnc(-c3ccc(-c4cccc5ccccc45)c4ccccc34)n2-c2ccccc2)cc1. The molecule has 0 amide bonds. The molecule has 0 bridgehead atoms. The van der Waals surface area contributed by atoms with Gasteiger partial charge in [0, 0.05) is 16.8 Å². The first-order chi connectivity index (χ1) is 18.8. The van der Waals surface area contributed by atoms with E-state index >= 15 is 0 Å². The van der Waals surface area contributed by atoms with Crippen LogP contribution >= 0.6 is 0 Å². The van der Waals surface area contributed by atoms with E-state index in [1.807, 2.05) is 6.07 Å². The van der Waals surface area contributed by atoms with Gasteiger partial charge in [0.1, 0.15) is 0 Å². The van der Waals surface area contributed by atoms with Gasteiger partial charge in [-0.2, -0.15) is 0 Å². The van der Waals surface area contributed by atoms with Crippen molar-refractivity contribution < 1.29 is 0 Å². The summed E-state index contributed by atoms with van der Waals surface area (Å²) in [7, 11) is 0. The summed E-state index contributed by atoms with van der Waals surface area (Å²) in [5.41, 5.74) is 6.79. The van der Waals surface area contributed by atoms with Crippen molar-refractivity contribution in [3.63, 3.8) is 0 Å². The fraction of sp³-hybridized carbons (Fsp3) is 0.0286. The number of hydrogen-bond donors (Lipinski definition) is 0.